The lowest BCUT2D eigenvalue weighted by Crippen LogP contribution is -2.33. The van der Waals surface area contributed by atoms with Crippen LogP contribution < -0.4 is 5.32 Å². The number of carboxylic acid groups (broad SMARTS) is 1. The number of carbonyl (C=O) groups is 2. The first-order valence-electron chi connectivity index (χ1n) is 7.34. The number of hydrogen-bond donors (Lipinski definition) is 2. The lowest BCUT2D eigenvalue weighted by Gasteiger charge is -2.19. The minimum absolute atomic E-state index is 0.0865. The summed E-state index contributed by atoms with van der Waals surface area (Å²) in [7, 11) is 0. The molecule has 0 aliphatic carbocycles. The lowest BCUT2D eigenvalue weighted by atomic mass is 10.1. The molecule has 0 saturated carbocycles. The van der Waals surface area contributed by atoms with Gasteiger partial charge in [-0.25, -0.2) is 4.79 Å². The van der Waals surface area contributed by atoms with Crippen LogP contribution in [0.25, 0.3) is 0 Å². The maximum atomic E-state index is 12.0. The molecule has 1 amide bonds. The van der Waals surface area contributed by atoms with E-state index in [9.17, 15) is 9.59 Å². The smallest absolute Gasteiger partial charge is 0.345 e. The first-order chi connectivity index (χ1) is 9.97. The van der Waals surface area contributed by atoms with Gasteiger partial charge in [0.05, 0.1) is 4.88 Å². The maximum Gasteiger partial charge on any atom is 0.345 e. The number of nitrogens with zero attached hydrogens (tertiary/aromatic N) is 1. The highest BCUT2D eigenvalue weighted by atomic mass is 32.1. The molecular formula is C15H24N2O3S. The number of aromatic carboxylic acids is 1. The molecule has 0 spiro atoms. The number of amides is 1. The van der Waals surface area contributed by atoms with Crippen molar-refractivity contribution in [3.05, 3.63) is 21.9 Å². The van der Waals surface area contributed by atoms with Gasteiger partial charge in [-0.05, 0) is 51.5 Å². The Bertz CT molecular complexity index is 469. The van der Waals surface area contributed by atoms with E-state index in [0.717, 1.165) is 43.8 Å². The second-order valence-electron chi connectivity index (χ2n) is 5.01. The van der Waals surface area contributed by atoms with Gasteiger partial charge in [-0.15, -0.1) is 11.3 Å². The summed E-state index contributed by atoms with van der Waals surface area (Å²) in [5, 5.41) is 11.8. The van der Waals surface area contributed by atoms with Gasteiger partial charge in [0.2, 0.25) is 0 Å². The average molecular weight is 312 g/mol. The molecule has 1 heterocycles. The highest BCUT2D eigenvalue weighted by Crippen LogP contribution is 2.16. The molecule has 0 saturated heterocycles. The summed E-state index contributed by atoms with van der Waals surface area (Å²) < 4.78 is 0. The molecule has 21 heavy (non-hydrogen) atoms. The van der Waals surface area contributed by atoms with Crippen molar-refractivity contribution < 1.29 is 14.7 Å². The first kappa shape index (κ1) is 17.7. The van der Waals surface area contributed by atoms with Crippen molar-refractivity contribution in [2.24, 2.45) is 0 Å². The van der Waals surface area contributed by atoms with Crippen LogP contribution in [0.3, 0.4) is 0 Å². The van der Waals surface area contributed by atoms with Crippen molar-refractivity contribution in [3.8, 4) is 0 Å². The maximum absolute atomic E-state index is 12.0. The molecule has 1 aromatic rings. The lowest BCUT2D eigenvalue weighted by molar-refractivity contribution is 0.0702. The van der Waals surface area contributed by atoms with Crippen molar-refractivity contribution in [1.82, 2.24) is 10.2 Å². The summed E-state index contributed by atoms with van der Waals surface area (Å²) in [5.41, 5.74) is 0. The quantitative estimate of drug-likeness (QED) is 0.735. The highest BCUT2D eigenvalue weighted by molar-refractivity contribution is 7.15. The largest absolute Gasteiger partial charge is 0.477 e. The van der Waals surface area contributed by atoms with Crippen LogP contribution in [0.15, 0.2) is 12.1 Å². The number of hydrogen-bond acceptors (Lipinski definition) is 4. The van der Waals surface area contributed by atoms with Crippen LogP contribution in [0.2, 0.25) is 0 Å². The van der Waals surface area contributed by atoms with Crippen molar-refractivity contribution >= 4 is 23.2 Å². The van der Waals surface area contributed by atoms with Gasteiger partial charge < -0.3 is 15.3 Å². The van der Waals surface area contributed by atoms with Gasteiger partial charge in [-0.3, -0.25) is 4.79 Å². The van der Waals surface area contributed by atoms with Crippen molar-refractivity contribution in [2.45, 2.75) is 39.7 Å². The van der Waals surface area contributed by atoms with Gasteiger partial charge in [0.1, 0.15) is 4.88 Å². The molecule has 118 valence electrons. The van der Waals surface area contributed by atoms with Crippen LogP contribution >= 0.6 is 11.3 Å². The topological polar surface area (TPSA) is 69.6 Å². The fourth-order valence-electron chi connectivity index (χ4n) is 2.10. The predicted molar refractivity (Wildman–Crippen MR) is 85.2 cm³/mol. The van der Waals surface area contributed by atoms with Gasteiger partial charge in [0.15, 0.2) is 0 Å². The Morgan fingerprint density at radius 1 is 1.29 bits per heavy atom. The molecule has 0 radical (unpaired) electrons. The van der Waals surface area contributed by atoms with E-state index in [4.69, 9.17) is 5.11 Å². The normalized spacial score (nSPS) is 12.4. The summed E-state index contributed by atoms with van der Waals surface area (Å²) >= 11 is 1.01. The molecule has 5 nitrogen and oxygen atoms in total. The molecule has 0 aliphatic heterocycles. The second kappa shape index (κ2) is 8.79. The van der Waals surface area contributed by atoms with Crippen molar-refractivity contribution in [1.29, 1.82) is 0 Å². The van der Waals surface area contributed by atoms with E-state index in [1.807, 2.05) is 6.92 Å². The summed E-state index contributed by atoms with van der Waals surface area (Å²) in [6.07, 6.45) is 1.95. The van der Waals surface area contributed by atoms with Gasteiger partial charge in [0, 0.05) is 6.04 Å². The monoisotopic (exact) mass is 312 g/mol. The molecule has 1 aromatic heterocycles. The molecule has 2 N–H and O–H groups in total. The summed E-state index contributed by atoms with van der Waals surface area (Å²) in [6.45, 7) is 9.40. The Morgan fingerprint density at radius 2 is 1.90 bits per heavy atom. The Balaban J connectivity index is 2.37. The van der Waals surface area contributed by atoms with E-state index in [0.29, 0.717) is 4.88 Å². The van der Waals surface area contributed by atoms with Gasteiger partial charge in [0.25, 0.3) is 5.91 Å². The minimum atomic E-state index is -0.994. The zero-order valence-corrected chi connectivity index (χ0v) is 13.7. The SMILES string of the molecule is CCN(CC)CCCC(C)NC(=O)c1ccc(C(=O)O)s1. The zero-order chi connectivity index (χ0) is 15.8. The summed E-state index contributed by atoms with van der Waals surface area (Å²) in [6, 6.07) is 3.11. The predicted octanol–water partition coefficient (Wildman–Crippen LogP) is 2.69. The third-order valence-corrected chi connectivity index (χ3v) is 4.50. The van der Waals surface area contributed by atoms with Crippen LogP contribution in [0.4, 0.5) is 0 Å². The van der Waals surface area contributed by atoms with Crippen molar-refractivity contribution in [2.75, 3.05) is 19.6 Å². The molecular weight excluding hydrogens is 288 g/mol. The van der Waals surface area contributed by atoms with Crippen LogP contribution in [-0.2, 0) is 0 Å². The summed E-state index contributed by atoms with van der Waals surface area (Å²) in [4.78, 5) is 25.8. The van der Waals surface area contributed by atoms with E-state index < -0.39 is 5.97 Å². The molecule has 6 heteroatoms. The molecule has 1 rings (SSSR count). The van der Waals surface area contributed by atoms with Crippen LogP contribution in [0.1, 0.15) is 53.0 Å². The van der Waals surface area contributed by atoms with E-state index >= 15 is 0 Å². The number of thiophene rings is 1. The molecule has 0 aromatic carbocycles. The molecule has 1 unspecified atom stereocenters. The summed E-state index contributed by atoms with van der Waals surface area (Å²) in [5.74, 6) is -1.19. The Kier molecular flexibility index (Phi) is 7.39. The molecule has 0 bridgehead atoms. The van der Waals surface area contributed by atoms with E-state index in [1.165, 1.54) is 6.07 Å². The molecule has 0 fully saturated rings. The average Bonchev–Trinajstić information content (AvgIpc) is 2.93. The number of rotatable bonds is 9. The Labute approximate surface area is 130 Å². The number of nitrogens with one attached hydrogen (secondary N) is 1. The highest BCUT2D eigenvalue weighted by Gasteiger charge is 2.14. The third-order valence-electron chi connectivity index (χ3n) is 3.42. The second-order valence-corrected chi connectivity index (χ2v) is 6.10. The number of carbonyl (C=O) groups excluding carboxylic acids is 1. The number of carboxylic acids is 1. The molecule has 1 atom stereocenters. The Hall–Kier alpha value is -1.40. The van der Waals surface area contributed by atoms with Gasteiger partial charge >= 0.3 is 5.97 Å². The zero-order valence-electron chi connectivity index (χ0n) is 12.9. The fourth-order valence-corrected chi connectivity index (χ4v) is 2.85. The fraction of sp³-hybridized carbons (Fsp3) is 0.600. The van der Waals surface area contributed by atoms with Gasteiger partial charge in [-0.1, -0.05) is 13.8 Å². The van der Waals surface area contributed by atoms with E-state index in [2.05, 4.69) is 24.1 Å². The standard InChI is InChI=1S/C15H24N2O3S/c1-4-17(5-2)10-6-7-11(3)16-14(18)12-8-9-13(21-12)15(19)20/h8-9,11H,4-7,10H2,1-3H3,(H,16,18)(H,19,20). The van der Waals surface area contributed by atoms with E-state index in [1.54, 1.807) is 6.07 Å². The Morgan fingerprint density at radius 3 is 2.43 bits per heavy atom. The molecule has 0 aliphatic rings. The van der Waals surface area contributed by atoms with E-state index in [-0.39, 0.29) is 16.8 Å². The van der Waals surface area contributed by atoms with Crippen LogP contribution in [-0.4, -0.2) is 47.6 Å². The van der Waals surface area contributed by atoms with Crippen LogP contribution in [0, 0.1) is 0 Å². The first-order valence-corrected chi connectivity index (χ1v) is 8.15. The third kappa shape index (κ3) is 5.85. The van der Waals surface area contributed by atoms with Gasteiger partial charge in [-0.2, -0.15) is 0 Å². The van der Waals surface area contributed by atoms with Crippen LogP contribution in [0.5, 0.6) is 0 Å². The minimum Gasteiger partial charge on any atom is -0.477 e. The van der Waals surface area contributed by atoms with Crippen molar-refractivity contribution in [3.63, 3.8) is 0 Å².